The minimum Gasteiger partial charge on any atom is -0.487 e. The molecule has 21 heavy (non-hydrogen) atoms. The topological polar surface area (TPSA) is 70.2 Å². The highest BCUT2D eigenvalue weighted by Gasteiger charge is 2.15. The minimum absolute atomic E-state index is 0.0304. The predicted molar refractivity (Wildman–Crippen MR) is 80.0 cm³/mol. The monoisotopic (exact) mass is 329 g/mol. The van der Waals surface area contributed by atoms with Crippen LogP contribution in [0.15, 0.2) is 18.2 Å². The zero-order chi connectivity index (χ0) is 15.6. The number of hydrogen-bond donors (Lipinski definition) is 0. The molecular weight excluding hydrogens is 317 g/mol. The van der Waals surface area contributed by atoms with Crippen LogP contribution in [0.2, 0.25) is 10.0 Å². The average molecular weight is 330 g/mol. The van der Waals surface area contributed by atoms with Crippen LogP contribution in [-0.4, -0.2) is 14.7 Å². The van der Waals surface area contributed by atoms with Crippen molar-refractivity contribution in [2.24, 2.45) is 7.05 Å². The van der Waals surface area contributed by atoms with Gasteiger partial charge in [0.1, 0.15) is 17.4 Å². The van der Waals surface area contributed by atoms with Crippen molar-refractivity contribution in [1.29, 1.82) is 0 Å². The van der Waals surface area contributed by atoms with Gasteiger partial charge < -0.3 is 4.74 Å². The number of nitro benzene ring substituents is 1. The van der Waals surface area contributed by atoms with Gasteiger partial charge in [0.2, 0.25) is 0 Å². The average Bonchev–Trinajstić information content (AvgIpc) is 2.71. The van der Waals surface area contributed by atoms with Crippen LogP contribution in [0.4, 0.5) is 5.69 Å². The first kappa shape index (κ1) is 15.6. The van der Waals surface area contributed by atoms with Crippen molar-refractivity contribution in [3.05, 3.63) is 49.7 Å². The lowest BCUT2D eigenvalue weighted by Crippen LogP contribution is -2.03. The van der Waals surface area contributed by atoms with E-state index in [1.807, 2.05) is 6.92 Å². The molecule has 0 N–H and O–H groups in total. The van der Waals surface area contributed by atoms with E-state index in [1.54, 1.807) is 11.7 Å². The van der Waals surface area contributed by atoms with Gasteiger partial charge in [0.25, 0.3) is 5.69 Å². The fourth-order valence-electron chi connectivity index (χ4n) is 1.85. The molecule has 0 spiro atoms. The molecule has 2 rings (SSSR count). The number of aryl methyl sites for hydroxylation is 2. The van der Waals surface area contributed by atoms with Gasteiger partial charge in [0.05, 0.1) is 21.3 Å². The summed E-state index contributed by atoms with van der Waals surface area (Å²) in [6, 6.07) is 4.21. The number of aromatic nitrogens is 2. The summed E-state index contributed by atoms with van der Waals surface area (Å²) in [5, 5.41) is 15.6. The third kappa shape index (κ3) is 3.28. The van der Waals surface area contributed by atoms with Crippen molar-refractivity contribution < 1.29 is 9.66 Å². The number of nitrogens with zero attached hydrogens (tertiary/aromatic N) is 3. The van der Waals surface area contributed by atoms with E-state index in [0.29, 0.717) is 10.8 Å². The van der Waals surface area contributed by atoms with E-state index in [4.69, 9.17) is 27.9 Å². The third-order valence-corrected chi connectivity index (χ3v) is 3.73. The van der Waals surface area contributed by atoms with E-state index < -0.39 is 4.92 Å². The zero-order valence-corrected chi connectivity index (χ0v) is 13.0. The van der Waals surface area contributed by atoms with E-state index in [1.165, 1.54) is 18.2 Å². The lowest BCUT2D eigenvalue weighted by molar-refractivity contribution is -0.384. The van der Waals surface area contributed by atoms with Crippen LogP contribution in [0.5, 0.6) is 5.75 Å². The Kier molecular flexibility index (Phi) is 4.69. The second-order valence-electron chi connectivity index (χ2n) is 4.34. The Morgan fingerprint density at radius 3 is 2.67 bits per heavy atom. The van der Waals surface area contributed by atoms with Crippen molar-refractivity contribution in [3.63, 3.8) is 0 Å². The lowest BCUT2D eigenvalue weighted by atomic mass is 10.3. The summed E-state index contributed by atoms with van der Waals surface area (Å²) in [4.78, 5) is 10.1. The third-order valence-electron chi connectivity index (χ3n) is 2.99. The number of nitro groups is 1. The highest BCUT2D eigenvalue weighted by molar-refractivity contribution is 6.32. The van der Waals surface area contributed by atoms with E-state index in [2.05, 4.69) is 5.10 Å². The molecule has 2 aromatic rings. The molecule has 0 atom stereocenters. The second-order valence-corrected chi connectivity index (χ2v) is 5.13. The maximum absolute atomic E-state index is 10.7. The van der Waals surface area contributed by atoms with Crippen LogP contribution in [-0.2, 0) is 20.1 Å². The Hall–Kier alpha value is -1.79. The van der Waals surface area contributed by atoms with E-state index in [0.717, 1.165) is 17.8 Å². The van der Waals surface area contributed by atoms with Gasteiger partial charge in [-0.3, -0.25) is 14.8 Å². The smallest absolute Gasteiger partial charge is 0.288 e. The molecule has 0 amide bonds. The van der Waals surface area contributed by atoms with E-state index in [9.17, 15) is 10.1 Å². The molecule has 0 unspecified atom stereocenters. The van der Waals surface area contributed by atoms with Crippen LogP contribution in [0.3, 0.4) is 0 Å². The normalized spacial score (nSPS) is 10.7. The first-order valence-corrected chi connectivity index (χ1v) is 6.96. The minimum atomic E-state index is -0.544. The van der Waals surface area contributed by atoms with Gasteiger partial charge in [0, 0.05) is 19.2 Å². The molecule has 1 heterocycles. The molecule has 8 heteroatoms. The molecule has 0 aliphatic rings. The first-order valence-electron chi connectivity index (χ1n) is 6.21. The Bertz CT molecular complexity index is 686. The summed E-state index contributed by atoms with van der Waals surface area (Å²) < 4.78 is 7.24. The van der Waals surface area contributed by atoms with Crippen molar-refractivity contribution in [2.45, 2.75) is 20.0 Å². The second kappa shape index (κ2) is 6.32. The summed E-state index contributed by atoms with van der Waals surface area (Å²) in [5.41, 5.74) is 1.39. The molecule has 0 saturated carbocycles. The summed E-state index contributed by atoms with van der Waals surface area (Å²) in [6.07, 6.45) is 0.732. The standard InChI is InChI=1S/C13H13Cl2N3O3/c1-3-10-13(15)12(17(2)16-10)7-21-8-4-5-11(18(19)20)9(14)6-8/h4-6H,3,7H2,1-2H3. The van der Waals surface area contributed by atoms with Gasteiger partial charge in [-0.1, -0.05) is 30.1 Å². The molecule has 0 aliphatic carbocycles. The van der Waals surface area contributed by atoms with Crippen LogP contribution < -0.4 is 4.74 Å². The summed E-state index contributed by atoms with van der Waals surface area (Å²) in [5.74, 6) is 0.431. The Morgan fingerprint density at radius 2 is 2.14 bits per heavy atom. The Labute approximate surface area is 131 Å². The molecule has 1 aromatic carbocycles. The fourth-order valence-corrected chi connectivity index (χ4v) is 2.44. The molecule has 0 saturated heterocycles. The largest absolute Gasteiger partial charge is 0.487 e. The van der Waals surface area contributed by atoms with Gasteiger partial charge in [-0.2, -0.15) is 5.10 Å². The molecule has 112 valence electrons. The van der Waals surface area contributed by atoms with Crippen molar-refractivity contribution >= 4 is 28.9 Å². The molecule has 1 aromatic heterocycles. The van der Waals surface area contributed by atoms with Gasteiger partial charge >= 0.3 is 0 Å². The zero-order valence-electron chi connectivity index (χ0n) is 11.5. The molecule has 0 aliphatic heterocycles. The molecule has 0 bridgehead atoms. The van der Waals surface area contributed by atoms with Gasteiger partial charge in [-0.25, -0.2) is 0 Å². The maximum Gasteiger partial charge on any atom is 0.288 e. The number of benzene rings is 1. The quantitative estimate of drug-likeness (QED) is 0.618. The van der Waals surface area contributed by atoms with Crippen LogP contribution in [0, 0.1) is 10.1 Å². The van der Waals surface area contributed by atoms with Gasteiger partial charge in [-0.15, -0.1) is 0 Å². The van der Waals surface area contributed by atoms with Crippen molar-refractivity contribution in [3.8, 4) is 5.75 Å². The van der Waals surface area contributed by atoms with Crippen LogP contribution >= 0.6 is 23.2 Å². The van der Waals surface area contributed by atoms with Crippen LogP contribution in [0.25, 0.3) is 0 Å². The maximum atomic E-state index is 10.7. The summed E-state index contributed by atoms with van der Waals surface area (Å²) in [7, 11) is 1.78. The molecule has 0 radical (unpaired) electrons. The summed E-state index contributed by atoms with van der Waals surface area (Å²) in [6.45, 7) is 2.17. The lowest BCUT2D eigenvalue weighted by Gasteiger charge is -2.07. The number of rotatable bonds is 5. The Morgan fingerprint density at radius 1 is 1.43 bits per heavy atom. The highest BCUT2D eigenvalue weighted by Crippen LogP contribution is 2.29. The molecular formula is C13H13Cl2N3O3. The van der Waals surface area contributed by atoms with Gasteiger partial charge in [0.15, 0.2) is 0 Å². The Balaban J connectivity index is 2.15. The van der Waals surface area contributed by atoms with E-state index in [-0.39, 0.29) is 17.3 Å². The number of ether oxygens (including phenoxy) is 1. The molecule has 6 nitrogen and oxygen atoms in total. The highest BCUT2D eigenvalue weighted by atomic mass is 35.5. The summed E-state index contributed by atoms with van der Waals surface area (Å²) >= 11 is 12.0. The van der Waals surface area contributed by atoms with E-state index >= 15 is 0 Å². The molecule has 0 fully saturated rings. The van der Waals surface area contributed by atoms with Crippen molar-refractivity contribution in [1.82, 2.24) is 9.78 Å². The van der Waals surface area contributed by atoms with Gasteiger partial charge in [-0.05, 0) is 12.5 Å². The van der Waals surface area contributed by atoms with Crippen LogP contribution in [0.1, 0.15) is 18.3 Å². The number of hydrogen-bond acceptors (Lipinski definition) is 4. The first-order chi connectivity index (χ1) is 9.93. The predicted octanol–water partition coefficient (Wildman–Crippen LogP) is 3.78. The SMILES string of the molecule is CCc1nn(C)c(COc2ccc([N+](=O)[O-])c(Cl)c2)c1Cl. The van der Waals surface area contributed by atoms with Crippen molar-refractivity contribution in [2.75, 3.05) is 0 Å². The fraction of sp³-hybridized carbons (Fsp3) is 0.308. The number of halogens is 2.